The minimum Gasteiger partial charge on any atom is -0.383 e. The second-order valence-corrected chi connectivity index (χ2v) is 4.02. The molecule has 1 aromatic rings. The van der Waals surface area contributed by atoms with E-state index in [0.717, 1.165) is 0 Å². The second-order valence-electron chi connectivity index (χ2n) is 2.65. The van der Waals surface area contributed by atoms with E-state index in [0.29, 0.717) is 17.6 Å². The maximum absolute atomic E-state index is 11.5. The number of halogens is 1. The summed E-state index contributed by atoms with van der Waals surface area (Å²) in [4.78, 5) is 15.4. The maximum Gasteiger partial charge on any atom is 0.271 e. The summed E-state index contributed by atoms with van der Waals surface area (Å²) in [7, 11) is 1.60. The quantitative estimate of drug-likeness (QED) is 0.826. The molecule has 0 radical (unpaired) electrons. The summed E-state index contributed by atoms with van der Waals surface area (Å²) >= 11 is 4.70. The van der Waals surface area contributed by atoms with Crippen LogP contribution in [0.15, 0.2) is 10.9 Å². The number of alkyl halides is 1. The summed E-state index contributed by atoms with van der Waals surface area (Å²) in [5.41, 5.74) is 2.09. The highest BCUT2D eigenvalue weighted by molar-refractivity contribution is 9.09. The van der Waals surface area contributed by atoms with Crippen molar-refractivity contribution in [2.24, 2.45) is 0 Å². The average molecular weight is 279 g/mol. The monoisotopic (exact) mass is 278 g/mol. The lowest BCUT2D eigenvalue weighted by Crippen LogP contribution is -2.39. The molecule has 0 saturated heterocycles. The van der Waals surface area contributed by atoms with E-state index in [4.69, 9.17) is 4.74 Å². The Labute approximate surface area is 94.8 Å². The second kappa shape index (κ2) is 6.10. The van der Waals surface area contributed by atoms with Gasteiger partial charge in [0.25, 0.3) is 5.91 Å². The summed E-state index contributed by atoms with van der Waals surface area (Å²) < 4.78 is 4.95. The molecule has 0 fully saturated rings. The summed E-state index contributed by atoms with van der Waals surface area (Å²) in [5.74, 6) is -0.159. The number of thiazole rings is 1. The lowest BCUT2D eigenvalue weighted by molar-refractivity contribution is 0.0903. The van der Waals surface area contributed by atoms with Crippen molar-refractivity contribution >= 4 is 33.2 Å². The van der Waals surface area contributed by atoms with Crippen molar-refractivity contribution in [1.82, 2.24) is 10.3 Å². The van der Waals surface area contributed by atoms with Crippen molar-refractivity contribution in [2.45, 2.75) is 6.04 Å². The van der Waals surface area contributed by atoms with Crippen LogP contribution in [0.4, 0.5) is 0 Å². The first-order chi connectivity index (χ1) is 6.77. The Hall–Kier alpha value is -0.460. The highest BCUT2D eigenvalue weighted by atomic mass is 79.9. The van der Waals surface area contributed by atoms with E-state index in [1.807, 2.05) is 0 Å². The van der Waals surface area contributed by atoms with E-state index in [9.17, 15) is 4.79 Å². The number of amides is 1. The number of nitrogens with one attached hydrogen (secondary N) is 1. The number of carbonyl (C=O) groups excluding carboxylic acids is 1. The van der Waals surface area contributed by atoms with Crippen molar-refractivity contribution in [1.29, 1.82) is 0 Å². The van der Waals surface area contributed by atoms with Crippen LogP contribution in [0, 0.1) is 0 Å². The SMILES string of the molecule is COCC(CBr)NC(=O)c1cscn1. The molecule has 1 unspecified atom stereocenters. The van der Waals surface area contributed by atoms with Gasteiger partial charge in [0.15, 0.2) is 0 Å². The molecular formula is C8H11BrN2O2S. The largest absolute Gasteiger partial charge is 0.383 e. The zero-order valence-corrected chi connectivity index (χ0v) is 10.1. The first kappa shape index (κ1) is 11.6. The fourth-order valence-electron chi connectivity index (χ4n) is 0.910. The molecule has 0 aliphatic heterocycles. The van der Waals surface area contributed by atoms with E-state index in [1.165, 1.54) is 11.3 Å². The molecule has 0 spiro atoms. The molecule has 1 heterocycles. The van der Waals surface area contributed by atoms with Crippen LogP contribution in [0.3, 0.4) is 0 Å². The first-order valence-electron chi connectivity index (χ1n) is 4.02. The molecule has 1 amide bonds. The molecule has 0 bridgehead atoms. The number of hydrogen-bond donors (Lipinski definition) is 1. The van der Waals surface area contributed by atoms with Crippen molar-refractivity contribution in [2.75, 3.05) is 19.0 Å². The fraction of sp³-hybridized carbons (Fsp3) is 0.500. The van der Waals surface area contributed by atoms with Gasteiger partial charge >= 0.3 is 0 Å². The van der Waals surface area contributed by atoms with Crippen molar-refractivity contribution < 1.29 is 9.53 Å². The topological polar surface area (TPSA) is 51.2 Å². The molecule has 6 heteroatoms. The van der Waals surface area contributed by atoms with E-state index >= 15 is 0 Å². The van der Waals surface area contributed by atoms with Gasteiger partial charge in [-0.3, -0.25) is 4.79 Å². The Kier molecular flexibility index (Phi) is 5.06. The zero-order valence-electron chi connectivity index (χ0n) is 7.70. The van der Waals surface area contributed by atoms with Gasteiger partial charge in [0.2, 0.25) is 0 Å². The summed E-state index contributed by atoms with van der Waals surface area (Å²) in [6.45, 7) is 0.487. The number of nitrogens with zero attached hydrogens (tertiary/aromatic N) is 1. The predicted molar refractivity (Wildman–Crippen MR) is 59.0 cm³/mol. The lowest BCUT2D eigenvalue weighted by atomic mass is 10.3. The van der Waals surface area contributed by atoms with Crippen LogP contribution < -0.4 is 5.32 Å². The van der Waals surface area contributed by atoms with Gasteiger partial charge in [-0.25, -0.2) is 4.98 Å². The van der Waals surface area contributed by atoms with Gasteiger partial charge in [-0.2, -0.15) is 0 Å². The zero-order chi connectivity index (χ0) is 10.4. The molecule has 1 N–H and O–H groups in total. The predicted octanol–water partition coefficient (Wildman–Crippen LogP) is 1.28. The Morgan fingerprint density at radius 2 is 2.64 bits per heavy atom. The van der Waals surface area contributed by atoms with E-state index < -0.39 is 0 Å². The van der Waals surface area contributed by atoms with Crippen LogP contribution in [-0.2, 0) is 4.74 Å². The molecule has 0 aliphatic rings. The number of hydrogen-bond acceptors (Lipinski definition) is 4. The van der Waals surface area contributed by atoms with Gasteiger partial charge < -0.3 is 10.1 Å². The third-order valence-corrected chi connectivity index (χ3v) is 2.92. The van der Waals surface area contributed by atoms with Crippen molar-refractivity contribution in [3.8, 4) is 0 Å². The Morgan fingerprint density at radius 1 is 1.86 bits per heavy atom. The summed E-state index contributed by atoms with van der Waals surface area (Å²) in [6.07, 6.45) is 0. The van der Waals surface area contributed by atoms with Crippen molar-refractivity contribution in [3.63, 3.8) is 0 Å². The Morgan fingerprint density at radius 3 is 3.14 bits per heavy atom. The number of carbonyl (C=O) groups is 1. The molecule has 1 atom stereocenters. The number of methoxy groups -OCH3 is 1. The van der Waals surface area contributed by atoms with Gasteiger partial charge in [0.05, 0.1) is 18.2 Å². The minimum absolute atomic E-state index is 0.0193. The number of ether oxygens (including phenoxy) is 1. The molecule has 1 rings (SSSR count). The number of aromatic nitrogens is 1. The summed E-state index contributed by atoms with van der Waals surface area (Å²) in [6, 6.07) is -0.0193. The first-order valence-corrected chi connectivity index (χ1v) is 6.08. The highest BCUT2D eigenvalue weighted by Crippen LogP contribution is 2.01. The molecule has 78 valence electrons. The van der Waals surface area contributed by atoms with E-state index in [1.54, 1.807) is 18.0 Å². The smallest absolute Gasteiger partial charge is 0.271 e. The average Bonchev–Trinajstić information content (AvgIpc) is 2.69. The fourth-order valence-corrected chi connectivity index (χ4v) is 1.79. The van der Waals surface area contributed by atoms with Crippen LogP contribution in [0.2, 0.25) is 0 Å². The van der Waals surface area contributed by atoms with Gasteiger partial charge in [0, 0.05) is 17.8 Å². The standard InChI is InChI=1S/C8H11BrN2O2S/c1-13-3-6(2-9)11-8(12)7-4-14-5-10-7/h4-6H,2-3H2,1H3,(H,11,12). The van der Waals surface area contributed by atoms with Gasteiger partial charge in [-0.1, -0.05) is 15.9 Å². The maximum atomic E-state index is 11.5. The van der Waals surface area contributed by atoms with Crippen LogP contribution in [-0.4, -0.2) is 36.0 Å². The highest BCUT2D eigenvalue weighted by Gasteiger charge is 2.13. The lowest BCUT2D eigenvalue weighted by Gasteiger charge is -2.13. The van der Waals surface area contributed by atoms with Crippen LogP contribution >= 0.6 is 27.3 Å². The number of rotatable bonds is 5. The molecular weight excluding hydrogens is 268 g/mol. The third-order valence-electron chi connectivity index (χ3n) is 1.55. The summed E-state index contributed by atoms with van der Waals surface area (Å²) in [5, 5.41) is 5.18. The van der Waals surface area contributed by atoms with E-state index in [-0.39, 0.29) is 11.9 Å². The molecule has 0 aliphatic carbocycles. The van der Waals surface area contributed by atoms with Crippen molar-refractivity contribution in [3.05, 3.63) is 16.6 Å². The van der Waals surface area contributed by atoms with Crippen LogP contribution in [0.5, 0.6) is 0 Å². The van der Waals surface area contributed by atoms with Gasteiger partial charge in [-0.15, -0.1) is 11.3 Å². The Bertz CT molecular complexity index is 279. The molecule has 14 heavy (non-hydrogen) atoms. The van der Waals surface area contributed by atoms with Crippen LogP contribution in [0.25, 0.3) is 0 Å². The molecule has 1 aromatic heterocycles. The Balaban J connectivity index is 2.47. The normalized spacial score (nSPS) is 12.4. The van der Waals surface area contributed by atoms with Gasteiger partial charge in [0.1, 0.15) is 5.69 Å². The van der Waals surface area contributed by atoms with Crippen LogP contribution in [0.1, 0.15) is 10.5 Å². The van der Waals surface area contributed by atoms with E-state index in [2.05, 4.69) is 26.2 Å². The molecule has 0 aromatic carbocycles. The van der Waals surface area contributed by atoms with Gasteiger partial charge in [-0.05, 0) is 0 Å². The molecule has 0 saturated carbocycles. The molecule has 4 nitrogen and oxygen atoms in total. The minimum atomic E-state index is -0.159. The third kappa shape index (κ3) is 3.36.